The maximum Gasteiger partial charge on any atom is 0.252 e. The number of aromatic amines is 1. The maximum absolute atomic E-state index is 13.3. The number of aryl methyl sites for hydroxylation is 3. The van der Waals surface area contributed by atoms with Crippen molar-refractivity contribution in [1.82, 2.24) is 30.1 Å². The molecule has 2 aromatic heterocycles. The molecule has 7 nitrogen and oxygen atoms in total. The molecule has 0 aliphatic heterocycles. The van der Waals surface area contributed by atoms with Crippen molar-refractivity contribution in [2.45, 2.75) is 80.1 Å². The number of pyridine rings is 1. The van der Waals surface area contributed by atoms with E-state index in [0.29, 0.717) is 13.1 Å². The number of tetrazole rings is 1. The van der Waals surface area contributed by atoms with E-state index < -0.39 is 0 Å². The number of aromatic nitrogens is 5. The van der Waals surface area contributed by atoms with Crippen molar-refractivity contribution in [3.8, 4) is 0 Å². The molecule has 1 unspecified atom stereocenters. The van der Waals surface area contributed by atoms with Crippen molar-refractivity contribution in [3.63, 3.8) is 0 Å². The summed E-state index contributed by atoms with van der Waals surface area (Å²) in [6.07, 6.45) is 0. The largest absolute Gasteiger partial charge is 0.322 e. The second kappa shape index (κ2) is 9.97. The number of benzene rings is 2. The molecular formula is C29H38N6O. The molecule has 0 fully saturated rings. The van der Waals surface area contributed by atoms with Crippen LogP contribution in [0.2, 0.25) is 0 Å². The second-order valence-corrected chi connectivity index (χ2v) is 11.4. The van der Waals surface area contributed by atoms with E-state index in [1.54, 1.807) is 0 Å². The summed E-state index contributed by atoms with van der Waals surface area (Å²) in [7, 11) is 0. The number of hydrogen-bond donors (Lipinski definition) is 1. The topological polar surface area (TPSA) is 79.7 Å². The quantitative estimate of drug-likeness (QED) is 0.368. The number of rotatable bonds is 7. The summed E-state index contributed by atoms with van der Waals surface area (Å²) >= 11 is 0. The Labute approximate surface area is 213 Å². The number of nitrogens with one attached hydrogen (secondary N) is 1. The zero-order valence-corrected chi connectivity index (χ0v) is 22.8. The molecule has 0 saturated heterocycles. The Morgan fingerprint density at radius 2 is 1.67 bits per heavy atom. The van der Waals surface area contributed by atoms with Crippen LogP contribution in [0.15, 0.2) is 47.3 Å². The first-order chi connectivity index (χ1) is 16.9. The van der Waals surface area contributed by atoms with E-state index >= 15 is 0 Å². The van der Waals surface area contributed by atoms with Crippen LogP contribution in [0, 0.1) is 26.7 Å². The highest BCUT2D eigenvalue weighted by molar-refractivity contribution is 5.83. The standard InChI is InChI=1S/C29H38N6O/c1-18(2)26(27-31-32-33-35(27)29(6,7)8)34(16-22-11-9-19(3)10-12-22)17-23-15-24-21(5)13-20(4)14-25(24)30-28(23)36/h9-15,18,26H,16-17H2,1-8H3,(H,30,36). The van der Waals surface area contributed by atoms with Gasteiger partial charge in [0, 0.05) is 29.6 Å². The highest BCUT2D eigenvalue weighted by Gasteiger charge is 2.33. The number of hydrogen-bond acceptors (Lipinski definition) is 5. The second-order valence-electron chi connectivity index (χ2n) is 11.4. The lowest BCUT2D eigenvalue weighted by molar-refractivity contribution is 0.119. The normalized spacial score (nSPS) is 13.2. The van der Waals surface area contributed by atoms with E-state index in [1.165, 1.54) is 11.1 Å². The number of fused-ring (bicyclic) bond motifs is 1. The van der Waals surface area contributed by atoms with Crippen LogP contribution in [0.3, 0.4) is 0 Å². The highest BCUT2D eigenvalue weighted by Crippen LogP contribution is 2.32. The van der Waals surface area contributed by atoms with E-state index in [0.717, 1.165) is 33.4 Å². The van der Waals surface area contributed by atoms with Gasteiger partial charge in [0.2, 0.25) is 0 Å². The van der Waals surface area contributed by atoms with Crippen LogP contribution in [0.25, 0.3) is 10.9 Å². The Morgan fingerprint density at radius 3 is 2.31 bits per heavy atom. The molecule has 0 bridgehead atoms. The summed E-state index contributed by atoms with van der Waals surface area (Å²) in [5, 5.41) is 14.0. The molecule has 2 heterocycles. The molecule has 2 aromatic carbocycles. The Bertz CT molecular complexity index is 1410. The molecule has 4 rings (SSSR count). The van der Waals surface area contributed by atoms with Crippen LogP contribution in [0.1, 0.15) is 74.3 Å². The minimum absolute atomic E-state index is 0.0562. The van der Waals surface area contributed by atoms with E-state index in [1.807, 2.05) is 10.7 Å². The van der Waals surface area contributed by atoms with Crippen LogP contribution in [-0.4, -0.2) is 30.1 Å². The number of H-pyrrole nitrogens is 1. The summed E-state index contributed by atoms with van der Waals surface area (Å²) < 4.78 is 1.91. The Kier molecular flexibility index (Phi) is 7.14. The predicted molar refractivity (Wildman–Crippen MR) is 145 cm³/mol. The van der Waals surface area contributed by atoms with Crippen LogP contribution >= 0.6 is 0 Å². The maximum atomic E-state index is 13.3. The first kappa shape index (κ1) is 25.8. The fourth-order valence-electron chi connectivity index (χ4n) is 4.97. The van der Waals surface area contributed by atoms with Crippen LogP contribution < -0.4 is 5.56 Å². The molecule has 0 radical (unpaired) electrons. The van der Waals surface area contributed by atoms with Crippen LogP contribution in [0.5, 0.6) is 0 Å². The molecule has 0 spiro atoms. The van der Waals surface area contributed by atoms with E-state index in [4.69, 9.17) is 0 Å². The predicted octanol–water partition coefficient (Wildman–Crippen LogP) is 5.59. The van der Waals surface area contributed by atoms with Crippen molar-refractivity contribution in [3.05, 3.63) is 86.5 Å². The molecule has 190 valence electrons. The lowest BCUT2D eigenvalue weighted by atomic mass is 9.98. The number of nitrogens with zero attached hydrogens (tertiary/aromatic N) is 5. The summed E-state index contributed by atoms with van der Waals surface area (Å²) in [6, 6.07) is 14.7. The van der Waals surface area contributed by atoms with E-state index in [9.17, 15) is 4.79 Å². The molecular weight excluding hydrogens is 448 g/mol. The van der Waals surface area contributed by atoms with Crippen molar-refractivity contribution in [1.29, 1.82) is 0 Å². The molecule has 0 saturated carbocycles. The van der Waals surface area contributed by atoms with Gasteiger partial charge in [-0.05, 0) is 86.7 Å². The van der Waals surface area contributed by atoms with Crippen molar-refractivity contribution >= 4 is 10.9 Å². The fourth-order valence-corrected chi connectivity index (χ4v) is 4.97. The smallest absolute Gasteiger partial charge is 0.252 e. The first-order valence-corrected chi connectivity index (χ1v) is 12.7. The monoisotopic (exact) mass is 486 g/mol. The molecule has 0 amide bonds. The van der Waals surface area contributed by atoms with Gasteiger partial charge in [0.05, 0.1) is 11.6 Å². The highest BCUT2D eigenvalue weighted by atomic mass is 16.1. The Balaban J connectivity index is 1.83. The molecule has 36 heavy (non-hydrogen) atoms. The molecule has 0 aliphatic carbocycles. The minimum atomic E-state index is -0.267. The van der Waals surface area contributed by atoms with Gasteiger partial charge < -0.3 is 4.98 Å². The van der Waals surface area contributed by atoms with Crippen LogP contribution in [0.4, 0.5) is 0 Å². The Hall–Kier alpha value is -3.32. The van der Waals surface area contributed by atoms with Gasteiger partial charge in [0.1, 0.15) is 0 Å². The van der Waals surface area contributed by atoms with Gasteiger partial charge in [-0.2, -0.15) is 0 Å². The zero-order valence-electron chi connectivity index (χ0n) is 22.8. The molecule has 1 atom stereocenters. The summed E-state index contributed by atoms with van der Waals surface area (Å²) in [5.41, 5.74) is 5.99. The van der Waals surface area contributed by atoms with E-state index in [-0.39, 0.29) is 23.1 Å². The zero-order chi connectivity index (χ0) is 26.2. The summed E-state index contributed by atoms with van der Waals surface area (Å²) in [6.45, 7) is 18.1. The van der Waals surface area contributed by atoms with Gasteiger partial charge in [-0.25, -0.2) is 4.68 Å². The van der Waals surface area contributed by atoms with Gasteiger partial charge in [-0.1, -0.05) is 49.7 Å². The van der Waals surface area contributed by atoms with Gasteiger partial charge in [0.25, 0.3) is 5.56 Å². The molecule has 7 heteroatoms. The summed E-state index contributed by atoms with van der Waals surface area (Å²) in [4.78, 5) is 18.7. The van der Waals surface area contributed by atoms with Crippen LogP contribution in [-0.2, 0) is 18.6 Å². The lowest BCUT2D eigenvalue weighted by Gasteiger charge is -2.35. The first-order valence-electron chi connectivity index (χ1n) is 12.7. The third-order valence-electron chi connectivity index (χ3n) is 6.69. The van der Waals surface area contributed by atoms with Crippen molar-refractivity contribution < 1.29 is 0 Å². The van der Waals surface area contributed by atoms with Crippen molar-refractivity contribution in [2.75, 3.05) is 0 Å². The van der Waals surface area contributed by atoms with Gasteiger partial charge in [0.15, 0.2) is 5.82 Å². The fraction of sp³-hybridized carbons (Fsp3) is 0.448. The third-order valence-corrected chi connectivity index (χ3v) is 6.69. The van der Waals surface area contributed by atoms with Gasteiger partial charge >= 0.3 is 0 Å². The average Bonchev–Trinajstić information content (AvgIpc) is 3.26. The van der Waals surface area contributed by atoms with Gasteiger partial charge in [-0.3, -0.25) is 9.69 Å². The SMILES string of the molecule is Cc1ccc(CN(Cc2cc3c(C)cc(C)cc3[nH]c2=O)C(c2nnnn2C(C)(C)C)C(C)C)cc1. The average molecular weight is 487 g/mol. The third kappa shape index (κ3) is 5.41. The van der Waals surface area contributed by atoms with Crippen molar-refractivity contribution in [2.24, 2.45) is 5.92 Å². The molecule has 0 aliphatic rings. The lowest BCUT2D eigenvalue weighted by Crippen LogP contribution is -2.37. The van der Waals surface area contributed by atoms with E-state index in [2.05, 4.69) is 117 Å². The van der Waals surface area contributed by atoms with Gasteiger partial charge in [-0.15, -0.1) is 5.10 Å². The summed E-state index contributed by atoms with van der Waals surface area (Å²) in [5.74, 6) is 1.03. The Morgan fingerprint density at radius 1 is 0.972 bits per heavy atom. The molecule has 4 aromatic rings. The minimum Gasteiger partial charge on any atom is -0.322 e. The molecule has 1 N–H and O–H groups in total.